The monoisotopic (exact) mass is 197 g/mol. The molecule has 0 saturated carbocycles. The van der Waals surface area contributed by atoms with Gasteiger partial charge in [0.25, 0.3) is 0 Å². The molecule has 0 bridgehead atoms. The summed E-state index contributed by atoms with van der Waals surface area (Å²) in [6, 6.07) is -0.356. The molecule has 14 heavy (non-hydrogen) atoms. The highest BCUT2D eigenvalue weighted by Gasteiger charge is 2.13. The first-order chi connectivity index (χ1) is 6.54. The van der Waals surface area contributed by atoms with E-state index in [9.17, 15) is 4.79 Å². The van der Waals surface area contributed by atoms with E-state index >= 15 is 0 Å². The lowest BCUT2D eigenvalue weighted by Gasteiger charge is -2.11. The number of hydrogen-bond acceptors (Lipinski definition) is 4. The van der Waals surface area contributed by atoms with Gasteiger partial charge in [0.2, 0.25) is 5.91 Å². The predicted molar refractivity (Wildman–Crippen MR) is 54.9 cm³/mol. The first-order valence-corrected chi connectivity index (χ1v) is 4.34. The Labute approximate surface area is 82.3 Å². The smallest absolute Gasteiger partial charge is 0.241 e. The maximum atomic E-state index is 11.2. The van der Waals surface area contributed by atoms with Gasteiger partial charge in [-0.1, -0.05) is 0 Å². The van der Waals surface area contributed by atoms with Crippen LogP contribution in [0, 0.1) is 6.92 Å². The molecule has 0 aromatic carbocycles. The van der Waals surface area contributed by atoms with E-state index in [0.717, 1.165) is 0 Å². The number of carbonyl (C=O) groups is 1. The molecule has 1 atom stereocenters. The Morgan fingerprint density at radius 3 is 2.71 bits per heavy atom. The van der Waals surface area contributed by atoms with Crippen molar-refractivity contribution in [2.24, 2.45) is 0 Å². The van der Waals surface area contributed by atoms with E-state index in [1.54, 1.807) is 20.9 Å². The van der Waals surface area contributed by atoms with Crippen LogP contribution in [0.15, 0.2) is 0 Å². The second-order valence-corrected chi connectivity index (χ2v) is 3.06. The Bertz CT molecular complexity index is 332. The van der Waals surface area contributed by atoms with Crippen LogP contribution < -0.4 is 16.4 Å². The molecule has 1 rings (SSSR count). The molecule has 0 fully saturated rings. The lowest BCUT2D eigenvalue weighted by molar-refractivity contribution is -0.121. The minimum atomic E-state index is -0.356. The molecular weight excluding hydrogens is 182 g/mol. The zero-order valence-corrected chi connectivity index (χ0v) is 8.51. The highest BCUT2D eigenvalue weighted by atomic mass is 16.2. The second-order valence-electron chi connectivity index (χ2n) is 3.06. The maximum absolute atomic E-state index is 11.2. The second kappa shape index (κ2) is 3.99. The Kier molecular flexibility index (Phi) is 2.95. The molecule has 1 unspecified atom stereocenters. The Hall–Kier alpha value is -1.72. The summed E-state index contributed by atoms with van der Waals surface area (Å²) in [5.74, 6) is 1.57. The van der Waals surface area contributed by atoms with Crippen molar-refractivity contribution >= 4 is 17.5 Å². The van der Waals surface area contributed by atoms with Crippen LogP contribution in [0.2, 0.25) is 0 Å². The Morgan fingerprint density at radius 1 is 1.64 bits per heavy atom. The van der Waals surface area contributed by atoms with Gasteiger partial charge in [-0.3, -0.25) is 4.79 Å². The number of nitrogens with one attached hydrogen (secondary N) is 3. The highest BCUT2D eigenvalue weighted by molar-refractivity contribution is 5.84. The van der Waals surface area contributed by atoms with Gasteiger partial charge in [-0.05, 0) is 13.8 Å². The van der Waals surface area contributed by atoms with Crippen molar-refractivity contribution in [1.29, 1.82) is 0 Å². The Morgan fingerprint density at radius 2 is 2.29 bits per heavy atom. The number of hydrogen-bond donors (Lipinski definition) is 4. The fourth-order valence-corrected chi connectivity index (χ4v) is 1.11. The third kappa shape index (κ3) is 2.15. The summed E-state index contributed by atoms with van der Waals surface area (Å²) in [4.78, 5) is 18.1. The number of aryl methyl sites for hydroxylation is 1. The molecular formula is C8H15N5O. The lowest BCUT2D eigenvalue weighted by atomic mass is 10.3. The number of likely N-dealkylation sites (N-methyl/N-ethyl adjacent to an activating group) is 1. The van der Waals surface area contributed by atoms with Crippen LogP contribution in [0.1, 0.15) is 12.7 Å². The van der Waals surface area contributed by atoms with E-state index in [1.807, 2.05) is 0 Å². The molecule has 5 N–H and O–H groups in total. The molecule has 0 aliphatic heterocycles. The fraction of sp³-hybridized carbons (Fsp3) is 0.500. The van der Waals surface area contributed by atoms with Gasteiger partial charge in [0.05, 0.1) is 0 Å². The van der Waals surface area contributed by atoms with Crippen molar-refractivity contribution in [2.45, 2.75) is 19.9 Å². The van der Waals surface area contributed by atoms with Gasteiger partial charge in [0, 0.05) is 7.05 Å². The summed E-state index contributed by atoms with van der Waals surface area (Å²) < 4.78 is 0. The molecule has 1 aromatic heterocycles. The van der Waals surface area contributed by atoms with Gasteiger partial charge in [-0.15, -0.1) is 0 Å². The van der Waals surface area contributed by atoms with Gasteiger partial charge < -0.3 is 21.4 Å². The number of carbonyl (C=O) groups excluding carboxylic acids is 1. The quantitative estimate of drug-likeness (QED) is 0.541. The van der Waals surface area contributed by atoms with E-state index in [4.69, 9.17) is 5.73 Å². The number of aromatic amines is 1. The molecule has 0 radical (unpaired) electrons. The van der Waals surface area contributed by atoms with E-state index in [1.165, 1.54) is 0 Å². The maximum Gasteiger partial charge on any atom is 0.241 e. The van der Waals surface area contributed by atoms with E-state index < -0.39 is 0 Å². The predicted octanol–water partition coefficient (Wildman–Crippen LogP) is -0.153. The van der Waals surface area contributed by atoms with Gasteiger partial charge in [-0.25, -0.2) is 4.98 Å². The minimum absolute atomic E-state index is 0.106. The first kappa shape index (κ1) is 10.4. The number of H-pyrrole nitrogens is 1. The Balaban J connectivity index is 2.69. The summed E-state index contributed by atoms with van der Waals surface area (Å²) in [6.45, 7) is 3.54. The summed E-state index contributed by atoms with van der Waals surface area (Å²) in [5, 5.41) is 5.43. The fourth-order valence-electron chi connectivity index (χ4n) is 1.11. The zero-order valence-electron chi connectivity index (χ0n) is 8.51. The van der Waals surface area contributed by atoms with Crippen LogP contribution in [0.5, 0.6) is 0 Å². The largest absolute Gasteiger partial charge is 0.382 e. The standard InChI is InChI=1S/C8H15N5O/c1-4(8(14)10-3)11-7-6(9)12-5(2)13-7/h4,11H,9H2,1-3H3,(H,10,14)(H,12,13). The van der Waals surface area contributed by atoms with Crippen LogP contribution in [0.3, 0.4) is 0 Å². The van der Waals surface area contributed by atoms with Crippen LogP contribution in [0.25, 0.3) is 0 Å². The lowest BCUT2D eigenvalue weighted by Crippen LogP contribution is -2.35. The minimum Gasteiger partial charge on any atom is -0.382 e. The highest BCUT2D eigenvalue weighted by Crippen LogP contribution is 2.14. The number of nitrogens with two attached hydrogens (primary N) is 1. The van der Waals surface area contributed by atoms with Crippen molar-refractivity contribution in [2.75, 3.05) is 18.1 Å². The average molecular weight is 197 g/mol. The third-order valence-electron chi connectivity index (χ3n) is 1.84. The summed E-state index contributed by atoms with van der Waals surface area (Å²) in [7, 11) is 1.58. The molecule has 6 heteroatoms. The number of nitrogens with zero attached hydrogens (tertiary/aromatic N) is 1. The molecule has 1 amide bonds. The number of nitrogen functional groups attached to an aromatic ring is 1. The summed E-state index contributed by atoms with van der Waals surface area (Å²) in [5.41, 5.74) is 5.62. The van der Waals surface area contributed by atoms with E-state index in [0.29, 0.717) is 17.5 Å². The molecule has 0 aliphatic carbocycles. The van der Waals surface area contributed by atoms with E-state index in [-0.39, 0.29) is 11.9 Å². The van der Waals surface area contributed by atoms with Gasteiger partial charge in [0.1, 0.15) is 17.7 Å². The van der Waals surface area contributed by atoms with Crippen molar-refractivity contribution in [3.8, 4) is 0 Å². The molecule has 1 aromatic rings. The van der Waals surface area contributed by atoms with Crippen molar-refractivity contribution in [3.63, 3.8) is 0 Å². The molecule has 78 valence electrons. The third-order valence-corrected chi connectivity index (χ3v) is 1.84. The molecule has 0 saturated heterocycles. The van der Waals surface area contributed by atoms with E-state index in [2.05, 4.69) is 20.6 Å². The summed E-state index contributed by atoms with van der Waals surface area (Å²) >= 11 is 0. The number of rotatable bonds is 3. The van der Waals surface area contributed by atoms with Crippen molar-refractivity contribution < 1.29 is 4.79 Å². The molecule has 0 aliphatic rings. The van der Waals surface area contributed by atoms with Gasteiger partial charge >= 0.3 is 0 Å². The molecule has 6 nitrogen and oxygen atoms in total. The van der Waals surface area contributed by atoms with Crippen LogP contribution in [-0.2, 0) is 4.79 Å². The number of amides is 1. The zero-order chi connectivity index (χ0) is 10.7. The SMILES string of the molecule is CNC(=O)C(C)Nc1nc(C)[nH]c1N. The molecule has 0 spiro atoms. The number of imidazole rings is 1. The van der Waals surface area contributed by atoms with Crippen LogP contribution in [-0.4, -0.2) is 29.0 Å². The van der Waals surface area contributed by atoms with Gasteiger partial charge in [-0.2, -0.15) is 0 Å². The average Bonchev–Trinajstić information content (AvgIpc) is 2.44. The number of aromatic nitrogens is 2. The van der Waals surface area contributed by atoms with Crippen molar-refractivity contribution in [1.82, 2.24) is 15.3 Å². The molecule has 1 heterocycles. The normalized spacial score (nSPS) is 12.2. The van der Waals surface area contributed by atoms with Crippen molar-refractivity contribution in [3.05, 3.63) is 5.82 Å². The first-order valence-electron chi connectivity index (χ1n) is 4.34. The van der Waals surface area contributed by atoms with Crippen LogP contribution >= 0.6 is 0 Å². The summed E-state index contributed by atoms with van der Waals surface area (Å²) in [6.07, 6.45) is 0. The van der Waals surface area contributed by atoms with Crippen LogP contribution in [0.4, 0.5) is 11.6 Å². The number of anilines is 2. The van der Waals surface area contributed by atoms with Gasteiger partial charge in [0.15, 0.2) is 5.82 Å². The topological polar surface area (TPSA) is 95.8 Å².